The summed E-state index contributed by atoms with van der Waals surface area (Å²) in [6, 6.07) is 65.4. The van der Waals surface area contributed by atoms with Gasteiger partial charge in [0.15, 0.2) is 0 Å². The first-order chi connectivity index (χ1) is 25.8. The molecule has 1 nitrogen and oxygen atoms in total. The van der Waals surface area contributed by atoms with Crippen LogP contribution in [0.4, 0.5) is 17.1 Å². The molecular weight excluding hydrogens is 639 g/mol. The third-order valence-electron chi connectivity index (χ3n) is 12.1. The van der Waals surface area contributed by atoms with Gasteiger partial charge in [-0.3, -0.25) is 0 Å². The molecule has 0 fully saturated rings. The van der Waals surface area contributed by atoms with Crippen LogP contribution in [0.1, 0.15) is 49.9 Å². The summed E-state index contributed by atoms with van der Waals surface area (Å²) in [6.45, 7) is 9.45. The van der Waals surface area contributed by atoms with Gasteiger partial charge in [-0.1, -0.05) is 173 Å². The van der Waals surface area contributed by atoms with Crippen LogP contribution in [0.3, 0.4) is 0 Å². The second-order valence-corrected chi connectivity index (χ2v) is 15.7. The van der Waals surface area contributed by atoms with E-state index < -0.39 is 0 Å². The van der Waals surface area contributed by atoms with E-state index in [0.29, 0.717) is 0 Å². The first-order valence-corrected chi connectivity index (χ1v) is 18.8. The van der Waals surface area contributed by atoms with Gasteiger partial charge in [-0.2, -0.15) is 0 Å². The van der Waals surface area contributed by atoms with Crippen molar-refractivity contribution in [1.29, 1.82) is 0 Å². The highest BCUT2D eigenvalue weighted by Gasteiger charge is 2.38. The van der Waals surface area contributed by atoms with Crippen LogP contribution < -0.4 is 4.90 Å². The van der Waals surface area contributed by atoms with Gasteiger partial charge in [0.1, 0.15) is 0 Å². The number of para-hydroxylation sites is 2. The molecule has 0 amide bonds. The third kappa shape index (κ3) is 4.70. The van der Waals surface area contributed by atoms with Gasteiger partial charge < -0.3 is 4.90 Å². The first-order valence-electron chi connectivity index (χ1n) is 18.8. The Hall–Kier alpha value is -6.18. The largest absolute Gasteiger partial charge is 0.309 e. The second-order valence-electron chi connectivity index (χ2n) is 15.7. The van der Waals surface area contributed by atoms with Crippen LogP contribution in [-0.4, -0.2) is 0 Å². The number of benzene rings is 8. The van der Waals surface area contributed by atoms with Gasteiger partial charge in [-0.25, -0.2) is 0 Å². The fourth-order valence-electron chi connectivity index (χ4n) is 9.38. The molecule has 8 aromatic rings. The number of hydrogen-bond acceptors (Lipinski definition) is 1. The van der Waals surface area contributed by atoms with Crippen molar-refractivity contribution in [2.24, 2.45) is 0 Å². The monoisotopic (exact) mass is 679 g/mol. The summed E-state index contributed by atoms with van der Waals surface area (Å²) in [6.07, 6.45) is 0. The van der Waals surface area contributed by atoms with Crippen LogP contribution >= 0.6 is 0 Å². The topological polar surface area (TPSA) is 3.24 Å². The number of rotatable bonds is 5. The summed E-state index contributed by atoms with van der Waals surface area (Å²) in [4.78, 5) is 2.50. The van der Waals surface area contributed by atoms with E-state index in [0.717, 1.165) is 17.1 Å². The highest BCUT2D eigenvalue weighted by atomic mass is 15.1. The molecule has 0 bridgehead atoms. The van der Waals surface area contributed by atoms with Crippen LogP contribution in [0, 0.1) is 0 Å². The van der Waals surface area contributed by atoms with E-state index in [4.69, 9.17) is 0 Å². The highest BCUT2D eigenvalue weighted by molar-refractivity contribution is 6.01. The summed E-state index contributed by atoms with van der Waals surface area (Å²) >= 11 is 0. The van der Waals surface area contributed by atoms with Crippen LogP contribution in [0.15, 0.2) is 176 Å². The van der Waals surface area contributed by atoms with Gasteiger partial charge in [-0.15, -0.1) is 0 Å². The Morgan fingerprint density at radius 2 is 0.868 bits per heavy atom. The summed E-state index contributed by atoms with van der Waals surface area (Å²) < 4.78 is 0. The molecular formula is C52H41N. The second kappa shape index (κ2) is 11.7. The third-order valence-corrected chi connectivity index (χ3v) is 12.1. The van der Waals surface area contributed by atoms with Gasteiger partial charge in [0.05, 0.1) is 11.4 Å². The molecule has 0 aromatic heterocycles. The standard InChI is InChI=1S/C52H41N/c1-51(2)45-24-12-8-21-43(45)50-42(22-15-25-46(50)51)41-20-10-14-27-49(41)53(37-30-28-34-16-5-6-17-35(34)32-37)48-26-13-9-18-38(48)36-29-31-40-39-19-7-11-23-44(39)52(3,4)47(40)33-36/h5-33H,1-4H3. The van der Waals surface area contributed by atoms with Crippen molar-refractivity contribution in [1.82, 2.24) is 0 Å². The minimum atomic E-state index is -0.0841. The normalized spacial score (nSPS) is 14.3. The van der Waals surface area contributed by atoms with Gasteiger partial charge >= 0.3 is 0 Å². The summed E-state index contributed by atoms with van der Waals surface area (Å²) in [5.74, 6) is 0. The molecule has 0 unspecified atom stereocenters. The molecule has 8 aromatic carbocycles. The molecule has 0 radical (unpaired) electrons. The molecule has 0 atom stereocenters. The lowest BCUT2D eigenvalue weighted by molar-refractivity contribution is 0.660. The summed E-state index contributed by atoms with van der Waals surface area (Å²) in [5.41, 5.74) is 19.1. The maximum absolute atomic E-state index is 2.50. The van der Waals surface area contributed by atoms with E-state index in [-0.39, 0.29) is 10.8 Å². The van der Waals surface area contributed by atoms with Crippen molar-refractivity contribution in [3.8, 4) is 44.5 Å². The van der Waals surface area contributed by atoms with Crippen molar-refractivity contribution in [2.45, 2.75) is 38.5 Å². The van der Waals surface area contributed by atoms with E-state index >= 15 is 0 Å². The van der Waals surface area contributed by atoms with Crippen molar-refractivity contribution >= 4 is 27.8 Å². The van der Waals surface area contributed by atoms with Crippen LogP contribution in [0.5, 0.6) is 0 Å². The zero-order valence-electron chi connectivity index (χ0n) is 30.7. The Kier molecular flexibility index (Phi) is 6.94. The lowest BCUT2D eigenvalue weighted by atomic mass is 9.81. The van der Waals surface area contributed by atoms with Crippen molar-refractivity contribution in [3.63, 3.8) is 0 Å². The predicted octanol–water partition coefficient (Wildman–Crippen LogP) is 14.3. The van der Waals surface area contributed by atoms with Gasteiger partial charge in [0.2, 0.25) is 0 Å². The fraction of sp³-hybridized carbons (Fsp3) is 0.115. The molecule has 2 aliphatic rings. The average molecular weight is 680 g/mol. The Morgan fingerprint density at radius 1 is 0.340 bits per heavy atom. The van der Waals surface area contributed by atoms with Crippen molar-refractivity contribution < 1.29 is 0 Å². The predicted molar refractivity (Wildman–Crippen MR) is 225 cm³/mol. The van der Waals surface area contributed by atoms with Crippen molar-refractivity contribution in [3.05, 3.63) is 198 Å². The number of nitrogens with zero attached hydrogens (tertiary/aromatic N) is 1. The van der Waals surface area contributed by atoms with E-state index in [2.05, 4.69) is 209 Å². The molecule has 1 heteroatoms. The Bertz CT molecular complexity index is 2740. The number of fused-ring (bicyclic) bond motifs is 7. The molecule has 0 saturated carbocycles. The maximum Gasteiger partial charge on any atom is 0.0540 e. The SMILES string of the molecule is CC1(C)c2ccccc2-c2ccc(-c3ccccc3N(c3ccc4ccccc4c3)c3ccccc3-c3cccc4c3-c3ccccc3C4(C)C)cc21. The molecule has 0 saturated heterocycles. The van der Waals surface area contributed by atoms with E-state index in [1.54, 1.807) is 0 Å². The van der Waals surface area contributed by atoms with Crippen LogP contribution in [0.2, 0.25) is 0 Å². The number of hydrogen-bond donors (Lipinski definition) is 0. The average Bonchev–Trinajstić information content (AvgIpc) is 3.58. The van der Waals surface area contributed by atoms with Gasteiger partial charge in [0, 0.05) is 27.6 Å². The molecule has 0 heterocycles. The van der Waals surface area contributed by atoms with E-state index in [1.165, 1.54) is 77.5 Å². The van der Waals surface area contributed by atoms with Crippen molar-refractivity contribution in [2.75, 3.05) is 4.90 Å². The molecule has 0 N–H and O–H groups in total. The smallest absolute Gasteiger partial charge is 0.0540 e. The fourth-order valence-corrected chi connectivity index (χ4v) is 9.38. The summed E-state index contributed by atoms with van der Waals surface area (Å²) in [7, 11) is 0. The van der Waals surface area contributed by atoms with Gasteiger partial charge in [0.25, 0.3) is 0 Å². The Labute approximate surface area is 312 Å². The molecule has 0 aliphatic heterocycles. The maximum atomic E-state index is 2.50. The lowest BCUT2D eigenvalue weighted by Gasteiger charge is -2.31. The highest BCUT2D eigenvalue weighted by Crippen LogP contribution is 2.55. The van der Waals surface area contributed by atoms with Gasteiger partial charge in [-0.05, 0) is 96.7 Å². The zero-order valence-corrected chi connectivity index (χ0v) is 30.7. The Morgan fingerprint density at radius 3 is 1.64 bits per heavy atom. The van der Waals surface area contributed by atoms with E-state index in [1.807, 2.05) is 0 Å². The minimum Gasteiger partial charge on any atom is -0.309 e. The minimum absolute atomic E-state index is 0.0808. The molecule has 53 heavy (non-hydrogen) atoms. The summed E-state index contributed by atoms with van der Waals surface area (Å²) in [5, 5.41) is 2.45. The van der Waals surface area contributed by atoms with Crippen LogP contribution in [0.25, 0.3) is 55.3 Å². The molecule has 2 aliphatic carbocycles. The molecule has 254 valence electrons. The Balaban J connectivity index is 1.22. The zero-order chi connectivity index (χ0) is 35.9. The quantitative estimate of drug-likeness (QED) is 0.175. The molecule has 0 spiro atoms. The lowest BCUT2D eigenvalue weighted by Crippen LogP contribution is -2.15. The van der Waals surface area contributed by atoms with Crippen LogP contribution in [-0.2, 0) is 10.8 Å². The molecule has 10 rings (SSSR count). The first kappa shape index (κ1) is 31.5. The van der Waals surface area contributed by atoms with E-state index in [9.17, 15) is 0 Å². The number of anilines is 3.